The summed E-state index contributed by atoms with van der Waals surface area (Å²) in [5, 5.41) is 3.65. The lowest BCUT2D eigenvalue weighted by atomic mass is 10.0. The van der Waals surface area contributed by atoms with E-state index in [4.69, 9.17) is 11.6 Å². The van der Waals surface area contributed by atoms with Gasteiger partial charge in [0.2, 0.25) is 10.0 Å². The Morgan fingerprint density at radius 1 is 0.969 bits per heavy atom. The highest BCUT2D eigenvalue weighted by atomic mass is 35.5. The summed E-state index contributed by atoms with van der Waals surface area (Å²) in [7, 11) is -3.52. The molecular formula is C25H27ClN2O3S. The monoisotopic (exact) mass is 470 g/mol. The van der Waals surface area contributed by atoms with Gasteiger partial charge in [-0.1, -0.05) is 60.5 Å². The molecule has 32 heavy (non-hydrogen) atoms. The SMILES string of the molecule is CC[C@@H](NC(=O)c1ccc(N(Cc2ccc(Cl)cc2)S(C)(=O)=O)cc1)c1ccc(C)cc1. The molecule has 0 saturated heterocycles. The predicted molar refractivity (Wildman–Crippen MR) is 131 cm³/mol. The normalized spacial score (nSPS) is 12.2. The molecule has 5 nitrogen and oxygen atoms in total. The molecule has 7 heteroatoms. The Morgan fingerprint density at radius 3 is 2.09 bits per heavy atom. The smallest absolute Gasteiger partial charge is 0.251 e. The summed E-state index contributed by atoms with van der Waals surface area (Å²) in [5.41, 5.74) is 3.99. The number of nitrogens with one attached hydrogen (secondary N) is 1. The molecule has 0 unspecified atom stereocenters. The van der Waals surface area contributed by atoms with E-state index in [0.717, 1.165) is 23.8 Å². The zero-order chi connectivity index (χ0) is 23.3. The Labute approximate surface area is 195 Å². The van der Waals surface area contributed by atoms with Crippen LogP contribution in [0.3, 0.4) is 0 Å². The topological polar surface area (TPSA) is 66.5 Å². The summed E-state index contributed by atoms with van der Waals surface area (Å²) in [5.74, 6) is -0.201. The molecule has 1 N–H and O–H groups in total. The average molecular weight is 471 g/mol. The summed E-state index contributed by atoms with van der Waals surface area (Å²) in [6.45, 7) is 4.22. The summed E-state index contributed by atoms with van der Waals surface area (Å²) in [6, 6.07) is 21.6. The highest BCUT2D eigenvalue weighted by Gasteiger charge is 2.19. The molecule has 0 aliphatic rings. The number of hydrogen-bond donors (Lipinski definition) is 1. The van der Waals surface area contributed by atoms with E-state index in [2.05, 4.69) is 5.32 Å². The van der Waals surface area contributed by atoms with Gasteiger partial charge < -0.3 is 5.32 Å². The molecule has 0 spiro atoms. The number of carbonyl (C=O) groups excluding carboxylic acids is 1. The van der Waals surface area contributed by atoms with E-state index < -0.39 is 10.0 Å². The van der Waals surface area contributed by atoms with Crippen LogP contribution in [-0.4, -0.2) is 20.6 Å². The Balaban J connectivity index is 1.77. The first kappa shape index (κ1) is 23.8. The first-order valence-corrected chi connectivity index (χ1v) is 12.6. The van der Waals surface area contributed by atoms with Crippen molar-refractivity contribution >= 4 is 33.2 Å². The van der Waals surface area contributed by atoms with Crippen LogP contribution in [0.15, 0.2) is 72.8 Å². The van der Waals surface area contributed by atoms with Gasteiger partial charge in [0.15, 0.2) is 0 Å². The zero-order valence-corrected chi connectivity index (χ0v) is 20.0. The van der Waals surface area contributed by atoms with E-state index >= 15 is 0 Å². The Morgan fingerprint density at radius 2 is 1.56 bits per heavy atom. The lowest BCUT2D eigenvalue weighted by Crippen LogP contribution is -2.30. The quantitative estimate of drug-likeness (QED) is 0.473. The number of anilines is 1. The van der Waals surface area contributed by atoms with Gasteiger partial charge >= 0.3 is 0 Å². The molecule has 1 amide bonds. The zero-order valence-electron chi connectivity index (χ0n) is 18.4. The minimum absolute atomic E-state index is 0.0970. The Kier molecular flexibility index (Phi) is 7.59. The second-order valence-corrected chi connectivity index (χ2v) is 10.1. The van der Waals surface area contributed by atoms with Crippen molar-refractivity contribution in [3.8, 4) is 0 Å². The highest BCUT2D eigenvalue weighted by Crippen LogP contribution is 2.23. The third-order valence-electron chi connectivity index (χ3n) is 5.25. The van der Waals surface area contributed by atoms with Crippen LogP contribution in [0.1, 0.15) is 46.4 Å². The number of carbonyl (C=O) groups is 1. The van der Waals surface area contributed by atoms with Crippen LogP contribution in [0.25, 0.3) is 0 Å². The van der Waals surface area contributed by atoms with Gasteiger partial charge in [0.05, 0.1) is 24.5 Å². The van der Waals surface area contributed by atoms with Gasteiger partial charge in [-0.05, 0) is 60.9 Å². The van der Waals surface area contributed by atoms with Crippen molar-refractivity contribution in [1.29, 1.82) is 0 Å². The van der Waals surface area contributed by atoms with Crippen molar-refractivity contribution < 1.29 is 13.2 Å². The van der Waals surface area contributed by atoms with Gasteiger partial charge in [-0.2, -0.15) is 0 Å². The molecule has 3 rings (SSSR count). The highest BCUT2D eigenvalue weighted by molar-refractivity contribution is 7.92. The molecule has 0 heterocycles. The van der Waals surface area contributed by atoms with Gasteiger partial charge in [0.25, 0.3) is 5.91 Å². The third kappa shape index (κ3) is 6.11. The van der Waals surface area contributed by atoms with Crippen LogP contribution in [-0.2, 0) is 16.6 Å². The van der Waals surface area contributed by atoms with E-state index in [-0.39, 0.29) is 18.5 Å². The molecule has 0 fully saturated rings. The molecule has 1 atom stereocenters. The fourth-order valence-corrected chi connectivity index (χ4v) is 4.41. The van der Waals surface area contributed by atoms with Gasteiger partial charge in [-0.3, -0.25) is 9.10 Å². The van der Waals surface area contributed by atoms with E-state index in [1.54, 1.807) is 48.5 Å². The van der Waals surface area contributed by atoms with Gasteiger partial charge in [-0.25, -0.2) is 8.42 Å². The molecule has 3 aromatic rings. The number of aryl methyl sites for hydroxylation is 1. The van der Waals surface area contributed by atoms with E-state index in [9.17, 15) is 13.2 Å². The molecule has 168 valence electrons. The maximum atomic E-state index is 12.8. The second kappa shape index (κ2) is 10.2. The van der Waals surface area contributed by atoms with Crippen LogP contribution < -0.4 is 9.62 Å². The summed E-state index contributed by atoms with van der Waals surface area (Å²) >= 11 is 5.92. The Bertz CT molecular complexity index is 1160. The van der Waals surface area contributed by atoms with Crippen molar-refractivity contribution in [3.63, 3.8) is 0 Å². The van der Waals surface area contributed by atoms with E-state index in [1.165, 1.54) is 9.87 Å². The second-order valence-electron chi connectivity index (χ2n) is 7.79. The number of nitrogens with zero attached hydrogens (tertiary/aromatic N) is 1. The first-order valence-electron chi connectivity index (χ1n) is 10.4. The van der Waals surface area contributed by atoms with Crippen molar-refractivity contribution in [1.82, 2.24) is 5.32 Å². The molecule has 0 aliphatic carbocycles. The van der Waals surface area contributed by atoms with Crippen LogP contribution >= 0.6 is 11.6 Å². The third-order valence-corrected chi connectivity index (χ3v) is 6.64. The summed E-state index contributed by atoms with van der Waals surface area (Å²) in [6.07, 6.45) is 1.92. The fraction of sp³-hybridized carbons (Fsp3) is 0.240. The average Bonchev–Trinajstić information content (AvgIpc) is 2.77. The molecule has 0 bridgehead atoms. The fourth-order valence-electron chi connectivity index (χ4n) is 3.40. The lowest BCUT2D eigenvalue weighted by molar-refractivity contribution is 0.0935. The lowest BCUT2D eigenvalue weighted by Gasteiger charge is -2.23. The summed E-state index contributed by atoms with van der Waals surface area (Å²) in [4.78, 5) is 12.8. The van der Waals surface area contributed by atoms with Gasteiger partial charge in [-0.15, -0.1) is 0 Å². The molecule has 0 aromatic heterocycles. The minimum atomic E-state index is -3.52. The molecule has 3 aromatic carbocycles. The van der Waals surface area contributed by atoms with Gasteiger partial charge in [0, 0.05) is 10.6 Å². The van der Waals surface area contributed by atoms with E-state index in [1.807, 2.05) is 38.1 Å². The summed E-state index contributed by atoms with van der Waals surface area (Å²) < 4.78 is 26.1. The van der Waals surface area contributed by atoms with Crippen LogP contribution in [0, 0.1) is 6.92 Å². The molecule has 0 saturated carbocycles. The number of hydrogen-bond acceptors (Lipinski definition) is 3. The van der Waals surface area contributed by atoms with Crippen molar-refractivity contribution in [3.05, 3.63) is 100 Å². The largest absolute Gasteiger partial charge is 0.345 e. The number of sulfonamides is 1. The maximum absolute atomic E-state index is 12.8. The molecule has 0 aliphatic heterocycles. The van der Waals surface area contributed by atoms with Gasteiger partial charge in [0.1, 0.15) is 0 Å². The van der Waals surface area contributed by atoms with Crippen molar-refractivity contribution in [2.75, 3.05) is 10.6 Å². The standard InChI is InChI=1S/C25H27ClN2O3S/c1-4-24(20-9-5-18(2)6-10-20)27-25(29)21-11-15-23(16-12-21)28(32(3,30)31)17-19-7-13-22(26)14-8-19/h5-16,24H,4,17H2,1-3H3,(H,27,29)/t24-/m1/s1. The Hall–Kier alpha value is -2.83. The number of amides is 1. The van der Waals surface area contributed by atoms with E-state index in [0.29, 0.717) is 16.3 Å². The van der Waals surface area contributed by atoms with Crippen LogP contribution in [0.4, 0.5) is 5.69 Å². The number of halogens is 1. The van der Waals surface area contributed by atoms with Crippen LogP contribution in [0.5, 0.6) is 0 Å². The number of rotatable bonds is 8. The molecule has 0 radical (unpaired) electrons. The number of benzene rings is 3. The van der Waals surface area contributed by atoms with Crippen LogP contribution in [0.2, 0.25) is 5.02 Å². The maximum Gasteiger partial charge on any atom is 0.251 e. The minimum Gasteiger partial charge on any atom is -0.345 e. The molecular weight excluding hydrogens is 444 g/mol. The predicted octanol–water partition coefficient (Wildman–Crippen LogP) is 5.50. The van der Waals surface area contributed by atoms with Crippen molar-refractivity contribution in [2.45, 2.75) is 32.9 Å². The van der Waals surface area contributed by atoms with Crippen molar-refractivity contribution in [2.24, 2.45) is 0 Å². The first-order chi connectivity index (χ1) is 15.2.